The van der Waals surface area contributed by atoms with Gasteiger partial charge in [0.15, 0.2) is 0 Å². The molecule has 0 aromatic heterocycles. The molecule has 0 aliphatic carbocycles. The number of Topliss-reactive ketones (excluding diaryl/α,β-unsaturated/α-hetero) is 1. The SMILES string of the molecule is CC(=O)CN1CCCC(C(C)C)CC1. The van der Waals surface area contributed by atoms with Crippen molar-refractivity contribution in [1.29, 1.82) is 0 Å². The first-order chi connectivity index (χ1) is 6.59. The molecule has 1 aliphatic rings. The van der Waals surface area contributed by atoms with Gasteiger partial charge in [-0.1, -0.05) is 13.8 Å². The van der Waals surface area contributed by atoms with Crippen molar-refractivity contribution in [3.8, 4) is 0 Å². The van der Waals surface area contributed by atoms with Crippen molar-refractivity contribution in [3.05, 3.63) is 0 Å². The van der Waals surface area contributed by atoms with Crippen molar-refractivity contribution < 1.29 is 4.79 Å². The van der Waals surface area contributed by atoms with E-state index >= 15 is 0 Å². The van der Waals surface area contributed by atoms with Gasteiger partial charge in [0.25, 0.3) is 0 Å². The van der Waals surface area contributed by atoms with Gasteiger partial charge in [0.2, 0.25) is 0 Å². The van der Waals surface area contributed by atoms with E-state index in [4.69, 9.17) is 0 Å². The third-order valence-electron chi connectivity index (χ3n) is 3.25. The monoisotopic (exact) mass is 197 g/mol. The van der Waals surface area contributed by atoms with Gasteiger partial charge < -0.3 is 0 Å². The van der Waals surface area contributed by atoms with Gasteiger partial charge in [0, 0.05) is 0 Å². The van der Waals surface area contributed by atoms with E-state index in [0.29, 0.717) is 12.3 Å². The van der Waals surface area contributed by atoms with Crippen molar-refractivity contribution in [2.45, 2.75) is 40.0 Å². The normalized spacial score (nSPS) is 25.0. The molecule has 0 N–H and O–H groups in total. The average Bonchev–Trinajstić information content (AvgIpc) is 2.28. The molecule has 0 bridgehead atoms. The van der Waals surface area contributed by atoms with E-state index in [-0.39, 0.29) is 0 Å². The van der Waals surface area contributed by atoms with Crippen molar-refractivity contribution >= 4 is 5.78 Å². The van der Waals surface area contributed by atoms with Crippen molar-refractivity contribution in [2.24, 2.45) is 11.8 Å². The summed E-state index contributed by atoms with van der Waals surface area (Å²) in [6.07, 6.45) is 3.87. The van der Waals surface area contributed by atoms with E-state index in [1.807, 2.05) is 0 Å². The van der Waals surface area contributed by atoms with E-state index in [1.54, 1.807) is 6.92 Å². The molecule has 2 nitrogen and oxygen atoms in total. The highest BCUT2D eigenvalue weighted by atomic mass is 16.1. The Morgan fingerprint density at radius 2 is 2.07 bits per heavy atom. The fourth-order valence-electron chi connectivity index (χ4n) is 2.32. The Morgan fingerprint density at radius 1 is 1.36 bits per heavy atom. The molecule has 1 saturated heterocycles. The van der Waals surface area contributed by atoms with Crippen LogP contribution in [0.1, 0.15) is 40.0 Å². The third kappa shape index (κ3) is 3.79. The maximum atomic E-state index is 11.0. The highest BCUT2D eigenvalue weighted by Gasteiger charge is 2.19. The lowest BCUT2D eigenvalue weighted by atomic mass is 9.89. The number of likely N-dealkylation sites (tertiary alicyclic amines) is 1. The Hall–Kier alpha value is -0.370. The van der Waals surface area contributed by atoms with E-state index in [9.17, 15) is 4.79 Å². The predicted molar refractivity (Wildman–Crippen MR) is 59.3 cm³/mol. The molecule has 14 heavy (non-hydrogen) atoms. The van der Waals surface area contributed by atoms with Crippen LogP contribution in [0.4, 0.5) is 0 Å². The molecule has 2 heteroatoms. The zero-order valence-electron chi connectivity index (χ0n) is 9.75. The first kappa shape index (κ1) is 11.7. The lowest BCUT2D eigenvalue weighted by Gasteiger charge is -2.19. The van der Waals surface area contributed by atoms with Gasteiger partial charge in [-0.25, -0.2) is 0 Å². The minimum Gasteiger partial charge on any atom is -0.299 e. The summed E-state index contributed by atoms with van der Waals surface area (Å²) < 4.78 is 0. The van der Waals surface area contributed by atoms with Crippen LogP contribution in [0.25, 0.3) is 0 Å². The minimum absolute atomic E-state index is 0.299. The summed E-state index contributed by atoms with van der Waals surface area (Å²) in [5, 5.41) is 0. The summed E-state index contributed by atoms with van der Waals surface area (Å²) in [6.45, 7) is 9.19. The lowest BCUT2D eigenvalue weighted by molar-refractivity contribution is -0.118. The molecule has 0 amide bonds. The van der Waals surface area contributed by atoms with Crippen LogP contribution in [0, 0.1) is 11.8 Å². The number of hydrogen-bond acceptors (Lipinski definition) is 2. The summed E-state index contributed by atoms with van der Waals surface area (Å²) in [6, 6.07) is 0. The molecule has 1 fully saturated rings. The molecule has 1 heterocycles. The van der Waals surface area contributed by atoms with Gasteiger partial charge in [0.05, 0.1) is 6.54 Å². The Balaban J connectivity index is 2.36. The maximum absolute atomic E-state index is 11.0. The number of rotatable bonds is 3. The van der Waals surface area contributed by atoms with Gasteiger partial charge in [-0.15, -0.1) is 0 Å². The molecule has 1 rings (SSSR count). The number of carbonyl (C=O) groups excluding carboxylic acids is 1. The zero-order valence-corrected chi connectivity index (χ0v) is 9.75. The van der Waals surface area contributed by atoms with Gasteiger partial charge in [-0.2, -0.15) is 0 Å². The molecule has 1 unspecified atom stereocenters. The first-order valence-corrected chi connectivity index (χ1v) is 5.81. The van der Waals surface area contributed by atoms with Gasteiger partial charge in [-0.05, 0) is 51.1 Å². The van der Waals surface area contributed by atoms with Crippen LogP contribution < -0.4 is 0 Å². The van der Waals surface area contributed by atoms with Crippen molar-refractivity contribution in [3.63, 3.8) is 0 Å². The van der Waals surface area contributed by atoms with Gasteiger partial charge >= 0.3 is 0 Å². The fourth-order valence-corrected chi connectivity index (χ4v) is 2.32. The largest absolute Gasteiger partial charge is 0.299 e. The maximum Gasteiger partial charge on any atom is 0.143 e. The molecule has 0 aromatic carbocycles. The summed E-state index contributed by atoms with van der Waals surface area (Å²) in [5.41, 5.74) is 0. The van der Waals surface area contributed by atoms with Crippen LogP contribution in [0.3, 0.4) is 0 Å². The Kier molecular flexibility index (Phi) is 4.59. The smallest absolute Gasteiger partial charge is 0.143 e. The average molecular weight is 197 g/mol. The van der Waals surface area contributed by atoms with E-state index < -0.39 is 0 Å². The second-order valence-electron chi connectivity index (χ2n) is 4.91. The molecule has 82 valence electrons. The summed E-state index contributed by atoms with van der Waals surface area (Å²) in [7, 11) is 0. The molecular formula is C12H23NO. The minimum atomic E-state index is 0.299. The second kappa shape index (κ2) is 5.50. The van der Waals surface area contributed by atoms with Crippen LogP contribution in [0.15, 0.2) is 0 Å². The van der Waals surface area contributed by atoms with E-state index in [1.165, 1.54) is 19.3 Å². The summed E-state index contributed by atoms with van der Waals surface area (Å²) in [4.78, 5) is 13.3. The van der Waals surface area contributed by atoms with Gasteiger partial charge in [0.1, 0.15) is 5.78 Å². The first-order valence-electron chi connectivity index (χ1n) is 5.81. The number of nitrogens with zero attached hydrogens (tertiary/aromatic N) is 1. The van der Waals surface area contributed by atoms with E-state index in [0.717, 1.165) is 24.9 Å². The Morgan fingerprint density at radius 3 is 2.64 bits per heavy atom. The topological polar surface area (TPSA) is 20.3 Å². The number of hydrogen-bond donors (Lipinski definition) is 0. The van der Waals surface area contributed by atoms with Crippen molar-refractivity contribution in [2.75, 3.05) is 19.6 Å². The fraction of sp³-hybridized carbons (Fsp3) is 0.917. The van der Waals surface area contributed by atoms with E-state index in [2.05, 4.69) is 18.7 Å². The Labute approximate surface area is 87.7 Å². The molecule has 0 radical (unpaired) electrons. The van der Waals surface area contributed by atoms with Gasteiger partial charge in [-0.3, -0.25) is 9.69 Å². The highest BCUT2D eigenvalue weighted by molar-refractivity contribution is 5.77. The standard InChI is InChI=1S/C12H23NO/c1-10(2)12-5-4-7-13(8-6-12)9-11(3)14/h10,12H,4-9H2,1-3H3. The third-order valence-corrected chi connectivity index (χ3v) is 3.25. The molecule has 0 saturated carbocycles. The number of carbonyl (C=O) groups is 1. The lowest BCUT2D eigenvalue weighted by Crippen LogP contribution is -2.29. The molecule has 0 spiro atoms. The molecular weight excluding hydrogens is 174 g/mol. The molecule has 1 atom stereocenters. The Bertz CT molecular complexity index is 189. The highest BCUT2D eigenvalue weighted by Crippen LogP contribution is 2.24. The summed E-state index contributed by atoms with van der Waals surface area (Å²) >= 11 is 0. The zero-order chi connectivity index (χ0) is 10.6. The summed E-state index contributed by atoms with van der Waals surface area (Å²) in [5.74, 6) is 1.97. The van der Waals surface area contributed by atoms with Crippen molar-refractivity contribution in [1.82, 2.24) is 4.90 Å². The predicted octanol–water partition coefficient (Wildman–Crippen LogP) is 2.33. The van der Waals surface area contributed by atoms with Crippen LogP contribution in [0.2, 0.25) is 0 Å². The second-order valence-corrected chi connectivity index (χ2v) is 4.91. The molecule has 1 aliphatic heterocycles. The van der Waals surface area contributed by atoms with Crippen LogP contribution in [-0.2, 0) is 4.79 Å². The number of ketones is 1. The molecule has 0 aromatic rings. The van der Waals surface area contributed by atoms with Crippen LogP contribution in [0.5, 0.6) is 0 Å². The quantitative estimate of drug-likeness (QED) is 0.692. The van der Waals surface area contributed by atoms with Crippen LogP contribution >= 0.6 is 0 Å². The van der Waals surface area contributed by atoms with Crippen LogP contribution in [-0.4, -0.2) is 30.3 Å².